The van der Waals surface area contributed by atoms with Crippen LogP contribution >= 0.6 is 11.8 Å². The molecule has 3 nitrogen and oxygen atoms in total. The number of rotatable bonds is 6. The number of ether oxygens (including phenoxy) is 2. The van der Waals surface area contributed by atoms with Crippen LogP contribution in [0.1, 0.15) is 32.3 Å². The Morgan fingerprint density at radius 3 is 2.38 bits per heavy atom. The van der Waals surface area contributed by atoms with Gasteiger partial charge >= 0.3 is 0 Å². The Hall–Kier alpha value is -0.870. The predicted molar refractivity (Wildman–Crippen MR) is 89.8 cm³/mol. The van der Waals surface area contributed by atoms with Gasteiger partial charge in [0.1, 0.15) is 11.5 Å². The van der Waals surface area contributed by atoms with Crippen LogP contribution in [0.15, 0.2) is 17.0 Å². The first kappa shape index (κ1) is 16.5. The molecule has 0 amide bonds. The van der Waals surface area contributed by atoms with Crippen molar-refractivity contribution in [3.05, 3.63) is 17.7 Å². The van der Waals surface area contributed by atoms with E-state index in [9.17, 15) is 0 Å². The second-order valence-corrected chi connectivity index (χ2v) is 7.54. The summed E-state index contributed by atoms with van der Waals surface area (Å²) < 4.78 is 11.3. The average molecular weight is 309 g/mol. The van der Waals surface area contributed by atoms with Crippen LogP contribution in [0.3, 0.4) is 0 Å². The Bertz CT molecular complexity index is 431. The molecule has 1 atom stereocenters. The van der Waals surface area contributed by atoms with Crippen molar-refractivity contribution in [3.8, 4) is 11.5 Å². The lowest BCUT2D eigenvalue weighted by Crippen LogP contribution is -2.31. The van der Waals surface area contributed by atoms with E-state index in [1.54, 1.807) is 14.2 Å². The fourth-order valence-corrected chi connectivity index (χ4v) is 3.78. The zero-order valence-electron chi connectivity index (χ0n) is 13.6. The van der Waals surface area contributed by atoms with Gasteiger partial charge in [0, 0.05) is 15.7 Å². The van der Waals surface area contributed by atoms with E-state index in [1.807, 2.05) is 11.8 Å². The van der Waals surface area contributed by atoms with E-state index in [4.69, 9.17) is 9.47 Å². The van der Waals surface area contributed by atoms with Crippen molar-refractivity contribution in [2.45, 2.75) is 43.3 Å². The summed E-state index contributed by atoms with van der Waals surface area (Å²) in [7, 11) is 3.50. The summed E-state index contributed by atoms with van der Waals surface area (Å²) in [5.41, 5.74) is 1.21. The summed E-state index contributed by atoms with van der Waals surface area (Å²) in [6, 6.07) is 4.30. The Balaban J connectivity index is 2.24. The molecule has 1 unspecified atom stereocenters. The van der Waals surface area contributed by atoms with Gasteiger partial charge in [0.25, 0.3) is 0 Å². The summed E-state index contributed by atoms with van der Waals surface area (Å²) in [6.45, 7) is 6.64. The molecule has 1 saturated heterocycles. The third-order valence-electron chi connectivity index (χ3n) is 3.84. The highest BCUT2D eigenvalue weighted by Gasteiger charge is 2.20. The number of hydrogen-bond donors (Lipinski definition) is 1. The summed E-state index contributed by atoms with van der Waals surface area (Å²) in [6.07, 6.45) is 3.56. The molecule has 1 N–H and O–H groups in total. The molecule has 1 aromatic rings. The van der Waals surface area contributed by atoms with Crippen LogP contribution in [-0.2, 0) is 6.42 Å². The number of thioether (sulfide) groups is 1. The molecular weight excluding hydrogens is 282 g/mol. The molecule has 0 spiro atoms. The van der Waals surface area contributed by atoms with Crippen molar-refractivity contribution >= 4 is 11.8 Å². The molecule has 2 rings (SSSR count). The maximum absolute atomic E-state index is 5.64. The second-order valence-electron chi connectivity index (χ2n) is 5.89. The normalized spacial score (nSPS) is 18.8. The van der Waals surface area contributed by atoms with Crippen molar-refractivity contribution in [1.29, 1.82) is 0 Å². The molecule has 0 saturated carbocycles. The predicted octanol–water partition coefficient (Wildman–Crippen LogP) is 3.75. The van der Waals surface area contributed by atoms with Crippen LogP contribution in [0.25, 0.3) is 0 Å². The van der Waals surface area contributed by atoms with E-state index in [0.29, 0.717) is 11.2 Å². The van der Waals surface area contributed by atoms with Crippen LogP contribution < -0.4 is 14.8 Å². The maximum Gasteiger partial charge on any atom is 0.126 e. The zero-order valence-corrected chi connectivity index (χ0v) is 14.4. The Morgan fingerprint density at radius 2 is 1.90 bits per heavy atom. The minimum Gasteiger partial charge on any atom is -0.496 e. The van der Waals surface area contributed by atoms with Crippen molar-refractivity contribution in [1.82, 2.24) is 5.32 Å². The van der Waals surface area contributed by atoms with Crippen LogP contribution in [0.5, 0.6) is 11.5 Å². The molecular formula is C17H27NO2S. The number of piperidine rings is 1. The lowest BCUT2D eigenvalue weighted by Gasteiger charge is -2.25. The largest absolute Gasteiger partial charge is 0.496 e. The SMILES string of the molecule is COc1cc(SC(C)C)cc(OC)c1CC1CCCNC1. The first-order valence-electron chi connectivity index (χ1n) is 7.76. The van der Waals surface area contributed by atoms with E-state index >= 15 is 0 Å². The molecule has 0 radical (unpaired) electrons. The van der Waals surface area contributed by atoms with E-state index in [-0.39, 0.29) is 0 Å². The first-order chi connectivity index (χ1) is 10.1. The van der Waals surface area contributed by atoms with Gasteiger partial charge in [-0.3, -0.25) is 0 Å². The van der Waals surface area contributed by atoms with E-state index in [1.165, 1.54) is 23.3 Å². The molecule has 0 bridgehead atoms. The van der Waals surface area contributed by atoms with Gasteiger partial charge in [-0.2, -0.15) is 0 Å². The van der Waals surface area contributed by atoms with Gasteiger partial charge in [-0.25, -0.2) is 0 Å². The van der Waals surface area contributed by atoms with E-state index in [2.05, 4.69) is 31.3 Å². The van der Waals surface area contributed by atoms with Gasteiger partial charge in [0.15, 0.2) is 0 Å². The number of nitrogens with one attached hydrogen (secondary N) is 1. The molecule has 0 aromatic heterocycles. The van der Waals surface area contributed by atoms with E-state index < -0.39 is 0 Å². The highest BCUT2D eigenvalue weighted by atomic mass is 32.2. The fourth-order valence-electron chi connectivity index (χ4n) is 2.89. The topological polar surface area (TPSA) is 30.5 Å². The lowest BCUT2D eigenvalue weighted by molar-refractivity contribution is 0.348. The van der Waals surface area contributed by atoms with Gasteiger partial charge in [-0.1, -0.05) is 13.8 Å². The van der Waals surface area contributed by atoms with Crippen LogP contribution in [-0.4, -0.2) is 32.6 Å². The monoisotopic (exact) mass is 309 g/mol. The van der Waals surface area contributed by atoms with Crippen LogP contribution in [0, 0.1) is 5.92 Å². The second kappa shape index (κ2) is 7.95. The Morgan fingerprint density at radius 1 is 1.24 bits per heavy atom. The smallest absolute Gasteiger partial charge is 0.126 e. The van der Waals surface area contributed by atoms with Gasteiger partial charge < -0.3 is 14.8 Å². The highest BCUT2D eigenvalue weighted by molar-refractivity contribution is 7.99. The number of hydrogen-bond acceptors (Lipinski definition) is 4. The van der Waals surface area contributed by atoms with Gasteiger partial charge in [-0.15, -0.1) is 11.8 Å². The average Bonchev–Trinajstić information content (AvgIpc) is 2.48. The first-order valence-corrected chi connectivity index (χ1v) is 8.64. The molecule has 1 aliphatic rings. The van der Waals surface area contributed by atoms with Crippen molar-refractivity contribution < 1.29 is 9.47 Å². The molecule has 1 aromatic carbocycles. The molecule has 0 aliphatic carbocycles. The van der Waals surface area contributed by atoms with Crippen molar-refractivity contribution in [3.63, 3.8) is 0 Å². The number of benzene rings is 1. The maximum atomic E-state index is 5.64. The third kappa shape index (κ3) is 4.55. The highest BCUT2D eigenvalue weighted by Crippen LogP contribution is 2.38. The summed E-state index contributed by atoms with van der Waals surface area (Å²) in [5, 5.41) is 4.03. The molecule has 4 heteroatoms. The summed E-state index contributed by atoms with van der Waals surface area (Å²) in [5.74, 6) is 2.59. The lowest BCUT2D eigenvalue weighted by atomic mass is 9.91. The quantitative estimate of drug-likeness (QED) is 0.811. The van der Waals surface area contributed by atoms with Crippen molar-refractivity contribution in [2.24, 2.45) is 5.92 Å². The summed E-state index contributed by atoms with van der Waals surface area (Å²) in [4.78, 5) is 1.21. The third-order valence-corrected chi connectivity index (χ3v) is 4.82. The fraction of sp³-hybridized carbons (Fsp3) is 0.647. The Kier molecular flexibility index (Phi) is 6.24. The summed E-state index contributed by atoms with van der Waals surface area (Å²) >= 11 is 1.84. The Labute approximate surface area is 132 Å². The van der Waals surface area contributed by atoms with E-state index in [0.717, 1.165) is 31.0 Å². The molecule has 1 fully saturated rings. The number of methoxy groups -OCH3 is 2. The molecule has 21 heavy (non-hydrogen) atoms. The molecule has 1 heterocycles. The van der Waals surface area contributed by atoms with Gasteiger partial charge in [-0.05, 0) is 50.4 Å². The van der Waals surface area contributed by atoms with Gasteiger partial charge in [0.05, 0.1) is 14.2 Å². The minimum atomic E-state index is 0.549. The van der Waals surface area contributed by atoms with Crippen molar-refractivity contribution in [2.75, 3.05) is 27.3 Å². The van der Waals surface area contributed by atoms with Crippen LogP contribution in [0.4, 0.5) is 0 Å². The minimum absolute atomic E-state index is 0.549. The van der Waals surface area contributed by atoms with Crippen LogP contribution in [0.2, 0.25) is 0 Å². The standard InChI is InChI=1S/C17H27NO2S/c1-12(2)21-14-9-16(19-3)15(17(10-14)20-4)8-13-6-5-7-18-11-13/h9-10,12-13,18H,5-8,11H2,1-4H3. The van der Waals surface area contributed by atoms with Gasteiger partial charge in [0.2, 0.25) is 0 Å². The molecule has 118 valence electrons. The molecule has 1 aliphatic heterocycles. The zero-order chi connectivity index (χ0) is 15.2.